The molecule has 4 rings (SSSR count). The van der Waals surface area contributed by atoms with Gasteiger partial charge in [-0.2, -0.15) is 18.2 Å². The summed E-state index contributed by atoms with van der Waals surface area (Å²) in [4.78, 5) is 8.58. The van der Waals surface area contributed by atoms with Crippen molar-refractivity contribution in [2.45, 2.75) is 23.6 Å². The zero-order valence-electron chi connectivity index (χ0n) is 13.9. The van der Waals surface area contributed by atoms with Gasteiger partial charge in [0, 0.05) is 5.56 Å². The van der Waals surface area contributed by atoms with Gasteiger partial charge in [0.2, 0.25) is 11.7 Å². The number of hydrogen-bond acceptors (Lipinski definition) is 6. The summed E-state index contributed by atoms with van der Waals surface area (Å²) in [5.41, 5.74) is 0.879. The molecule has 0 aliphatic heterocycles. The second-order valence-electron chi connectivity index (χ2n) is 5.74. The van der Waals surface area contributed by atoms with Crippen molar-refractivity contribution in [3.05, 3.63) is 60.0 Å². The molecule has 0 radical (unpaired) electrons. The molecular weight excluding hydrogens is 379 g/mol. The molecule has 0 amide bonds. The van der Waals surface area contributed by atoms with E-state index in [9.17, 15) is 13.2 Å². The molecular formula is C18H12F3N3O2S. The minimum absolute atomic E-state index is 0.0983. The lowest BCUT2D eigenvalue weighted by Gasteiger charge is -2.06. The van der Waals surface area contributed by atoms with E-state index in [0.717, 1.165) is 17.6 Å². The summed E-state index contributed by atoms with van der Waals surface area (Å²) in [6.07, 6.45) is -4.43. The highest BCUT2D eigenvalue weighted by atomic mass is 32.2. The maximum Gasteiger partial charge on any atom is 0.416 e. The fraction of sp³-hybridized carbons (Fsp3) is 0.167. The fourth-order valence-corrected chi connectivity index (χ4v) is 3.24. The van der Waals surface area contributed by atoms with E-state index in [0.29, 0.717) is 10.8 Å². The summed E-state index contributed by atoms with van der Waals surface area (Å²) in [7, 11) is 0. The number of benzene rings is 2. The van der Waals surface area contributed by atoms with Crippen LogP contribution in [0.2, 0.25) is 0 Å². The monoisotopic (exact) mass is 391 g/mol. The second-order valence-corrected chi connectivity index (χ2v) is 7.03. The third-order valence-electron chi connectivity index (χ3n) is 3.79. The average Bonchev–Trinajstić information content (AvgIpc) is 3.28. The van der Waals surface area contributed by atoms with Gasteiger partial charge in [0.05, 0.1) is 10.8 Å². The van der Waals surface area contributed by atoms with E-state index < -0.39 is 11.7 Å². The van der Waals surface area contributed by atoms with Crippen molar-refractivity contribution in [3.63, 3.8) is 0 Å². The number of rotatable bonds is 4. The molecule has 2 aromatic carbocycles. The topological polar surface area (TPSA) is 65.0 Å². The SMILES string of the molecule is CC(Sc1nc2ccccc2o1)c1nc(-c2cccc(C(F)(F)F)c2)no1. The molecule has 1 atom stereocenters. The lowest BCUT2D eigenvalue weighted by Crippen LogP contribution is -2.04. The Morgan fingerprint density at radius 1 is 1.04 bits per heavy atom. The van der Waals surface area contributed by atoms with Crippen molar-refractivity contribution in [1.29, 1.82) is 0 Å². The van der Waals surface area contributed by atoms with Crippen LogP contribution in [0.1, 0.15) is 23.6 Å². The number of thioether (sulfide) groups is 1. The van der Waals surface area contributed by atoms with Crippen LogP contribution in [0.15, 0.2) is 62.7 Å². The quantitative estimate of drug-likeness (QED) is 0.413. The first-order valence-corrected chi connectivity index (χ1v) is 8.81. The van der Waals surface area contributed by atoms with Crippen LogP contribution in [0.5, 0.6) is 0 Å². The van der Waals surface area contributed by atoms with Gasteiger partial charge in [-0.1, -0.05) is 41.2 Å². The van der Waals surface area contributed by atoms with E-state index in [1.54, 1.807) is 0 Å². The smallest absolute Gasteiger partial charge is 0.416 e. The van der Waals surface area contributed by atoms with Crippen molar-refractivity contribution in [1.82, 2.24) is 15.1 Å². The molecule has 2 heterocycles. The van der Waals surface area contributed by atoms with Crippen LogP contribution in [0.4, 0.5) is 13.2 Å². The standard InChI is InChI=1S/C18H12F3N3O2S/c1-10(27-17-22-13-7-2-3-8-14(13)25-17)16-23-15(24-26-16)11-5-4-6-12(9-11)18(19,20)21/h2-10H,1H3. The van der Waals surface area contributed by atoms with Gasteiger partial charge >= 0.3 is 6.18 Å². The van der Waals surface area contributed by atoms with Crippen molar-refractivity contribution in [2.75, 3.05) is 0 Å². The van der Waals surface area contributed by atoms with Crippen LogP contribution in [0.3, 0.4) is 0 Å². The number of halogens is 3. The third-order valence-corrected chi connectivity index (χ3v) is 4.72. The first-order chi connectivity index (χ1) is 12.9. The zero-order chi connectivity index (χ0) is 19.0. The minimum atomic E-state index is -4.43. The molecule has 4 aromatic rings. The molecule has 27 heavy (non-hydrogen) atoms. The predicted molar refractivity (Wildman–Crippen MR) is 93.0 cm³/mol. The normalized spacial score (nSPS) is 13.2. The number of fused-ring (bicyclic) bond motifs is 1. The fourth-order valence-electron chi connectivity index (χ4n) is 2.46. The van der Waals surface area contributed by atoms with Gasteiger partial charge in [-0.3, -0.25) is 0 Å². The largest absolute Gasteiger partial charge is 0.431 e. The molecule has 0 bridgehead atoms. The van der Waals surface area contributed by atoms with Crippen molar-refractivity contribution >= 4 is 22.9 Å². The molecule has 0 saturated carbocycles. The van der Waals surface area contributed by atoms with E-state index in [-0.39, 0.29) is 22.5 Å². The van der Waals surface area contributed by atoms with Crippen molar-refractivity contribution in [2.24, 2.45) is 0 Å². The highest BCUT2D eigenvalue weighted by molar-refractivity contribution is 7.99. The van der Waals surface area contributed by atoms with E-state index >= 15 is 0 Å². The third kappa shape index (κ3) is 3.68. The average molecular weight is 391 g/mol. The number of alkyl halides is 3. The zero-order valence-corrected chi connectivity index (χ0v) is 14.7. The predicted octanol–water partition coefficient (Wildman–Crippen LogP) is 5.75. The Balaban J connectivity index is 1.55. The molecule has 0 aliphatic rings. The molecule has 2 aromatic heterocycles. The first-order valence-electron chi connectivity index (χ1n) is 7.93. The Hall–Kier alpha value is -2.81. The summed E-state index contributed by atoms with van der Waals surface area (Å²) in [6, 6.07) is 12.2. The molecule has 0 aliphatic carbocycles. The number of oxazole rings is 1. The van der Waals surface area contributed by atoms with E-state index in [1.807, 2.05) is 31.2 Å². The lowest BCUT2D eigenvalue weighted by atomic mass is 10.1. The molecule has 1 unspecified atom stereocenters. The molecule has 9 heteroatoms. The number of aromatic nitrogens is 3. The van der Waals surface area contributed by atoms with E-state index in [1.165, 1.54) is 23.9 Å². The van der Waals surface area contributed by atoms with Gasteiger partial charge in [0.15, 0.2) is 5.58 Å². The van der Waals surface area contributed by atoms with Gasteiger partial charge in [-0.05, 0) is 31.2 Å². The van der Waals surface area contributed by atoms with Gasteiger partial charge in [0.25, 0.3) is 5.22 Å². The van der Waals surface area contributed by atoms with Crippen LogP contribution in [-0.2, 0) is 6.18 Å². The van der Waals surface area contributed by atoms with Crippen LogP contribution >= 0.6 is 11.8 Å². The second kappa shape index (κ2) is 6.73. The molecule has 0 N–H and O–H groups in total. The van der Waals surface area contributed by atoms with Crippen LogP contribution in [0.25, 0.3) is 22.5 Å². The molecule has 138 valence electrons. The van der Waals surface area contributed by atoms with Crippen molar-refractivity contribution in [3.8, 4) is 11.4 Å². The lowest BCUT2D eigenvalue weighted by molar-refractivity contribution is -0.137. The molecule has 5 nitrogen and oxygen atoms in total. The number of nitrogens with zero attached hydrogens (tertiary/aromatic N) is 3. The minimum Gasteiger partial charge on any atom is -0.431 e. The van der Waals surface area contributed by atoms with Crippen LogP contribution < -0.4 is 0 Å². The Morgan fingerprint density at radius 2 is 1.85 bits per heavy atom. The maximum absolute atomic E-state index is 12.9. The van der Waals surface area contributed by atoms with Gasteiger partial charge < -0.3 is 8.94 Å². The van der Waals surface area contributed by atoms with Crippen LogP contribution in [0, 0.1) is 0 Å². The van der Waals surface area contributed by atoms with Gasteiger partial charge in [-0.15, -0.1) is 0 Å². The Morgan fingerprint density at radius 3 is 2.63 bits per heavy atom. The van der Waals surface area contributed by atoms with Gasteiger partial charge in [-0.25, -0.2) is 4.98 Å². The van der Waals surface area contributed by atoms with E-state index in [2.05, 4.69) is 15.1 Å². The maximum atomic E-state index is 12.9. The summed E-state index contributed by atoms with van der Waals surface area (Å²) in [5, 5.41) is 3.96. The molecule has 0 saturated heterocycles. The summed E-state index contributed by atoms with van der Waals surface area (Å²) in [6.45, 7) is 1.82. The summed E-state index contributed by atoms with van der Waals surface area (Å²) in [5.74, 6) is 0.371. The summed E-state index contributed by atoms with van der Waals surface area (Å²) < 4.78 is 49.4. The van der Waals surface area contributed by atoms with Crippen LogP contribution in [-0.4, -0.2) is 15.1 Å². The molecule has 0 spiro atoms. The van der Waals surface area contributed by atoms with E-state index in [4.69, 9.17) is 8.94 Å². The van der Waals surface area contributed by atoms with Gasteiger partial charge in [0.1, 0.15) is 5.52 Å². The Bertz CT molecular complexity index is 1060. The Kier molecular flexibility index (Phi) is 4.39. The first kappa shape index (κ1) is 17.6. The number of para-hydroxylation sites is 2. The molecule has 0 fully saturated rings. The highest BCUT2D eigenvalue weighted by Crippen LogP contribution is 2.36. The Labute approximate surface area is 155 Å². The highest BCUT2D eigenvalue weighted by Gasteiger charge is 2.31. The van der Waals surface area contributed by atoms with Crippen molar-refractivity contribution < 1.29 is 22.1 Å². The summed E-state index contributed by atoms with van der Waals surface area (Å²) >= 11 is 1.28. The number of hydrogen-bond donors (Lipinski definition) is 0.